The minimum absolute atomic E-state index is 0.0451. The van der Waals surface area contributed by atoms with Gasteiger partial charge in [-0.3, -0.25) is 4.79 Å². The van der Waals surface area contributed by atoms with Crippen molar-refractivity contribution >= 4 is 17.1 Å². The third-order valence-electron chi connectivity index (χ3n) is 5.12. The molecule has 0 N–H and O–H groups in total. The van der Waals surface area contributed by atoms with Gasteiger partial charge in [0.05, 0.1) is 12.5 Å². The molecule has 0 aliphatic heterocycles. The molecule has 0 atom stereocenters. The molecular weight excluding hydrogens is 398 g/mol. The second-order valence-electron chi connectivity index (χ2n) is 7.24. The fourth-order valence-electron chi connectivity index (χ4n) is 3.76. The summed E-state index contributed by atoms with van der Waals surface area (Å²) in [5.74, 6) is -0.476. The van der Waals surface area contributed by atoms with E-state index in [4.69, 9.17) is 9.47 Å². The SMILES string of the molecule is COc1cc(C)cc2c(-c3c(F)cc(F)cc3C=O)ccc(OCc3ccccc3)c12. The number of methoxy groups -OCH3 is 1. The van der Waals surface area contributed by atoms with E-state index in [1.54, 1.807) is 19.2 Å². The highest BCUT2D eigenvalue weighted by molar-refractivity contribution is 6.06. The van der Waals surface area contributed by atoms with Crippen molar-refractivity contribution in [2.24, 2.45) is 0 Å². The standard InChI is InChI=1S/C26H20F2O3/c1-16-10-21-20(25-18(14-29)12-19(27)13-22(25)28)8-9-23(26(21)24(11-16)30-2)31-15-17-6-4-3-5-7-17/h3-14H,15H2,1-2H3. The van der Waals surface area contributed by atoms with Gasteiger partial charge in [0.2, 0.25) is 0 Å². The van der Waals surface area contributed by atoms with Crippen LogP contribution in [0.2, 0.25) is 0 Å². The van der Waals surface area contributed by atoms with Crippen molar-refractivity contribution < 1.29 is 23.0 Å². The van der Waals surface area contributed by atoms with Crippen molar-refractivity contribution in [2.75, 3.05) is 7.11 Å². The maximum Gasteiger partial charge on any atom is 0.150 e. The van der Waals surface area contributed by atoms with Gasteiger partial charge in [-0.1, -0.05) is 36.4 Å². The molecule has 5 heteroatoms. The highest BCUT2D eigenvalue weighted by Crippen LogP contribution is 2.42. The highest BCUT2D eigenvalue weighted by Gasteiger charge is 2.19. The number of halogens is 2. The van der Waals surface area contributed by atoms with Crippen LogP contribution in [0.3, 0.4) is 0 Å². The van der Waals surface area contributed by atoms with Crippen molar-refractivity contribution in [2.45, 2.75) is 13.5 Å². The summed E-state index contributed by atoms with van der Waals surface area (Å²) in [5, 5.41) is 1.30. The summed E-state index contributed by atoms with van der Waals surface area (Å²) in [6, 6.07) is 18.7. The van der Waals surface area contributed by atoms with E-state index in [-0.39, 0.29) is 11.1 Å². The van der Waals surface area contributed by atoms with E-state index in [2.05, 4.69) is 0 Å². The van der Waals surface area contributed by atoms with Gasteiger partial charge in [-0.15, -0.1) is 0 Å². The van der Waals surface area contributed by atoms with Crippen molar-refractivity contribution in [3.63, 3.8) is 0 Å². The van der Waals surface area contributed by atoms with Crippen molar-refractivity contribution in [1.82, 2.24) is 0 Å². The van der Waals surface area contributed by atoms with Gasteiger partial charge in [-0.05, 0) is 53.3 Å². The number of aldehydes is 1. The molecule has 4 aromatic carbocycles. The fraction of sp³-hybridized carbons (Fsp3) is 0.115. The number of hydrogen-bond donors (Lipinski definition) is 0. The quantitative estimate of drug-likeness (QED) is 0.336. The lowest BCUT2D eigenvalue weighted by atomic mass is 9.92. The average Bonchev–Trinajstić information content (AvgIpc) is 2.77. The predicted octanol–water partition coefficient (Wildman–Crippen LogP) is 6.49. The van der Waals surface area contributed by atoms with E-state index in [1.807, 2.05) is 49.4 Å². The first-order valence-corrected chi connectivity index (χ1v) is 9.74. The Morgan fingerprint density at radius 2 is 1.71 bits per heavy atom. The fourth-order valence-corrected chi connectivity index (χ4v) is 3.76. The van der Waals surface area contributed by atoms with Gasteiger partial charge in [-0.2, -0.15) is 0 Å². The van der Waals surface area contributed by atoms with Crippen LogP contribution in [-0.4, -0.2) is 13.4 Å². The molecule has 0 fully saturated rings. The van der Waals surface area contributed by atoms with Gasteiger partial charge in [0.15, 0.2) is 6.29 Å². The zero-order chi connectivity index (χ0) is 22.0. The molecular formula is C26H20F2O3. The topological polar surface area (TPSA) is 35.5 Å². The summed E-state index contributed by atoms with van der Waals surface area (Å²) in [4.78, 5) is 11.6. The van der Waals surface area contributed by atoms with Crippen molar-refractivity contribution in [3.05, 3.63) is 95.1 Å². The second-order valence-corrected chi connectivity index (χ2v) is 7.24. The second kappa shape index (κ2) is 8.56. The zero-order valence-corrected chi connectivity index (χ0v) is 17.1. The maximum atomic E-state index is 14.8. The van der Waals surface area contributed by atoms with Gasteiger partial charge in [0.25, 0.3) is 0 Å². The number of fused-ring (bicyclic) bond motifs is 1. The molecule has 0 saturated heterocycles. The molecule has 0 amide bonds. The molecule has 0 unspecified atom stereocenters. The third kappa shape index (κ3) is 3.99. The van der Waals surface area contributed by atoms with Gasteiger partial charge in [0, 0.05) is 17.2 Å². The molecule has 156 valence electrons. The Kier molecular flexibility index (Phi) is 5.67. The molecule has 0 aromatic heterocycles. The van der Waals surface area contributed by atoms with Crippen LogP contribution >= 0.6 is 0 Å². The van der Waals surface area contributed by atoms with Crippen LogP contribution in [0.5, 0.6) is 11.5 Å². The van der Waals surface area contributed by atoms with Crippen LogP contribution in [0.4, 0.5) is 8.78 Å². The van der Waals surface area contributed by atoms with E-state index in [0.29, 0.717) is 40.7 Å². The Labute approximate surface area is 178 Å². The van der Waals surface area contributed by atoms with Crippen molar-refractivity contribution in [1.29, 1.82) is 0 Å². The molecule has 0 saturated carbocycles. The van der Waals surface area contributed by atoms with Crippen LogP contribution in [-0.2, 0) is 6.61 Å². The average molecular weight is 418 g/mol. The minimum Gasteiger partial charge on any atom is -0.496 e. The highest BCUT2D eigenvalue weighted by atomic mass is 19.1. The smallest absolute Gasteiger partial charge is 0.150 e. The normalized spacial score (nSPS) is 10.8. The van der Waals surface area contributed by atoms with E-state index >= 15 is 0 Å². The molecule has 0 radical (unpaired) electrons. The molecule has 0 heterocycles. The summed E-state index contributed by atoms with van der Waals surface area (Å²) < 4.78 is 40.2. The maximum absolute atomic E-state index is 14.8. The first-order chi connectivity index (χ1) is 15.0. The molecule has 0 bridgehead atoms. The largest absolute Gasteiger partial charge is 0.496 e. The summed E-state index contributed by atoms with van der Waals surface area (Å²) in [5.41, 5.74) is 2.34. The van der Waals surface area contributed by atoms with E-state index < -0.39 is 11.6 Å². The van der Waals surface area contributed by atoms with Gasteiger partial charge in [-0.25, -0.2) is 8.78 Å². The molecule has 4 aromatic rings. The van der Waals surface area contributed by atoms with Crippen LogP contribution in [0.1, 0.15) is 21.5 Å². The molecule has 0 aliphatic carbocycles. The monoisotopic (exact) mass is 418 g/mol. The van der Waals surface area contributed by atoms with Crippen LogP contribution in [0, 0.1) is 18.6 Å². The van der Waals surface area contributed by atoms with Crippen molar-refractivity contribution in [3.8, 4) is 22.6 Å². The lowest BCUT2D eigenvalue weighted by Crippen LogP contribution is -2.00. The Morgan fingerprint density at radius 1 is 0.935 bits per heavy atom. The lowest BCUT2D eigenvalue weighted by Gasteiger charge is -2.17. The third-order valence-corrected chi connectivity index (χ3v) is 5.12. The number of rotatable bonds is 6. The van der Waals surface area contributed by atoms with Crippen LogP contribution in [0.25, 0.3) is 21.9 Å². The molecule has 0 aliphatic rings. The summed E-state index contributed by atoms with van der Waals surface area (Å²) in [7, 11) is 1.55. The molecule has 0 spiro atoms. The Bertz CT molecular complexity index is 1270. The first-order valence-electron chi connectivity index (χ1n) is 9.74. The van der Waals surface area contributed by atoms with E-state index in [1.165, 1.54) is 0 Å². The Morgan fingerprint density at radius 3 is 2.42 bits per heavy atom. The first kappa shape index (κ1) is 20.5. The number of carbonyl (C=O) groups is 1. The van der Waals surface area contributed by atoms with Crippen LogP contribution < -0.4 is 9.47 Å². The molecule has 31 heavy (non-hydrogen) atoms. The van der Waals surface area contributed by atoms with Gasteiger partial charge in [0.1, 0.15) is 29.7 Å². The van der Waals surface area contributed by atoms with Crippen LogP contribution in [0.15, 0.2) is 66.7 Å². The Hall–Kier alpha value is -3.73. The van der Waals surface area contributed by atoms with E-state index in [9.17, 15) is 13.6 Å². The zero-order valence-electron chi connectivity index (χ0n) is 17.1. The number of hydrogen-bond acceptors (Lipinski definition) is 3. The summed E-state index contributed by atoms with van der Waals surface area (Å²) in [6.45, 7) is 2.24. The van der Waals surface area contributed by atoms with Gasteiger partial charge >= 0.3 is 0 Å². The molecule has 3 nitrogen and oxygen atoms in total. The lowest BCUT2D eigenvalue weighted by molar-refractivity contribution is 0.112. The minimum atomic E-state index is -0.804. The number of aryl methyl sites for hydroxylation is 1. The summed E-state index contributed by atoms with van der Waals surface area (Å²) in [6.07, 6.45) is 0.459. The van der Waals surface area contributed by atoms with E-state index in [0.717, 1.165) is 23.3 Å². The van der Waals surface area contributed by atoms with Gasteiger partial charge < -0.3 is 9.47 Å². The predicted molar refractivity (Wildman–Crippen MR) is 117 cm³/mol. The number of benzene rings is 4. The number of ether oxygens (including phenoxy) is 2. The number of carbonyl (C=O) groups excluding carboxylic acids is 1. The molecule has 4 rings (SSSR count). The summed E-state index contributed by atoms with van der Waals surface area (Å²) >= 11 is 0. The Balaban J connectivity index is 1.94.